The summed E-state index contributed by atoms with van der Waals surface area (Å²) in [7, 11) is 3.25. The van der Waals surface area contributed by atoms with E-state index in [9.17, 15) is 0 Å². The molecule has 0 aliphatic carbocycles. The predicted octanol–water partition coefficient (Wildman–Crippen LogP) is 3.00. The smallest absolute Gasteiger partial charge is 0.161 e. The summed E-state index contributed by atoms with van der Waals surface area (Å²) in [6.07, 6.45) is 0. The number of ether oxygens (including phenoxy) is 2. The Hall–Kier alpha value is -1.44. The molecule has 6 heteroatoms. The summed E-state index contributed by atoms with van der Waals surface area (Å²) in [5.41, 5.74) is 8.11. The van der Waals surface area contributed by atoms with Crippen LogP contribution in [0.25, 0.3) is 0 Å². The Morgan fingerprint density at radius 1 is 1.25 bits per heavy atom. The van der Waals surface area contributed by atoms with Gasteiger partial charge in [0.25, 0.3) is 0 Å². The number of nitrogens with two attached hydrogens (primary N) is 1. The minimum atomic E-state index is 0.0250. The van der Waals surface area contributed by atoms with Crippen molar-refractivity contribution in [3.63, 3.8) is 0 Å². The largest absolute Gasteiger partial charge is 0.493 e. The topological polar surface area (TPSA) is 62.3 Å². The number of benzene rings is 1. The lowest BCUT2D eigenvalue weighted by Crippen LogP contribution is -2.12. The summed E-state index contributed by atoms with van der Waals surface area (Å²) in [5, 5.41) is 4.50. The quantitative estimate of drug-likeness (QED) is 0.820. The van der Waals surface area contributed by atoms with Crippen molar-refractivity contribution >= 4 is 28.4 Å². The first-order valence-corrected chi connectivity index (χ1v) is 7.29. The Balaban J connectivity index is 2.42. The first kappa shape index (κ1) is 15.0. The third-order valence-electron chi connectivity index (χ3n) is 3.30. The van der Waals surface area contributed by atoms with E-state index in [1.165, 1.54) is 0 Å². The van der Waals surface area contributed by atoms with E-state index in [1.54, 1.807) is 14.2 Å². The van der Waals surface area contributed by atoms with Gasteiger partial charge in [-0.2, -0.15) is 5.10 Å². The number of aryl methyl sites for hydroxylation is 1. The van der Waals surface area contributed by atoms with E-state index < -0.39 is 0 Å². The van der Waals surface area contributed by atoms with Gasteiger partial charge < -0.3 is 15.2 Å². The maximum Gasteiger partial charge on any atom is 0.161 e. The van der Waals surface area contributed by atoms with Gasteiger partial charge in [0.15, 0.2) is 11.5 Å². The van der Waals surface area contributed by atoms with Crippen LogP contribution in [0.2, 0.25) is 0 Å². The minimum absolute atomic E-state index is 0.0250. The highest BCUT2D eigenvalue weighted by atomic mass is 127. The molecule has 0 aliphatic rings. The van der Waals surface area contributed by atoms with E-state index in [1.807, 2.05) is 29.8 Å². The van der Waals surface area contributed by atoms with E-state index in [-0.39, 0.29) is 6.04 Å². The normalized spacial score (nSPS) is 12.2. The zero-order valence-electron chi connectivity index (χ0n) is 12.0. The van der Waals surface area contributed by atoms with Crippen molar-refractivity contribution in [2.24, 2.45) is 0 Å². The average Bonchev–Trinajstić information content (AvgIpc) is 2.73. The van der Waals surface area contributed by atoms with Crippen molar-refractivity contribution in [1.29, 1.82) is 0 Å². The number of anilines is 1. The van der Waals surface area contributed by atoms with E-state index >= 15 is 0 Å². The highest BCUT2D eigenvalue weighted by molar-refractivity contribution is 14.1. The van der Waals surface area contributed by atoms with E-state index in [0.717, 1.165) is 14.8 Å². The molecule has 2 rings (SSSR count). The highest BCUT2D eigenvalue weighted by Crippen LogP contribution is 2.32. The fraction of sp³-hybridized carbons (Fsp3) is 0.357. The first-order chi connectivity index (χ1) is 9.49. The zero-order valence-corrected chi connectivity index (χ0v) is 14.1. The fourth-order valence-electron chi connectivity index (χ4n) is 2.09. The number of rotatable bonds is 4. The molecular weight excluding hydrogens is 369 g/mol. The van der Waals surface area contributed by atoms with E-state index in [4.69, 9.17) is 15.2 Å². The van der Waals surface area contributed by atoms with Gasteiger partial charge in [-0.1, -0.05) is 6.07 Å². The van der Waals surface area contributed by atoms with Crippen molar-refractivity contribution in [3.05, 3.63) is 33.0 Å². The number of halogens is 1. The minimum Gasteiger partial charge on any atom is -0.493 e. The van der Waals surface area contributed by atoms with Gasteiger partial charge in [0.2, 0.25) is 0 Å². The van der Waals surface area contributed by atoms with Crippen LogP contribution in [0.15, 0.2) is 18.2 Å². The van der Waals surface area contributed by atoms with Crippen LogP contribution in [0.5, 0.6) is 11.5 Å². The van der Waals surface area contributed by atoms with Crippen molar-refractivity contribution in [1.82, 2.24) is 9.78 Å². The first-order valence-electron chi connectivity index (χ1n) is 6.21. The van der Waals surface area contributed by atoms with Gasteiger partial charge in [-0.25, -0.2) is 4.68 Å². The van der Waals surface area contributed by atoms with Crippen molar-refractivity contribution < 1.29 is 9.47 Å². The van der Waals surface area contributed by atoms with Gasteiger partial charge in [-0.3, -0.25) is 0 Å². The van der Waals surface area contributed by atoms with Gasteiger partial charge >= 0.3 is 0 Å². The maximum atomic E-state index is 6.11. The maximum absolute atomic E-state index is 6.11. The van der Waals surface area contributed by atoms with Gasteiger partial charge in [0, 0.05) is 0 Å². The van der Waals surface area contributed by atoms with Crippen LogP contribution < -0.4 is 15.2 Å². The van der Waals surface area contributed by atoms with E-state index in [0.29, 0.717) is 17.3 Å². The molecule has 108 valence electrons. The average molecular weight is 387 g/mol. The zero-order chi connectivity index (χ0) is 14.9. The van der Waals surface area contributed by atoms with Crippen LogP contribution in [-0.2, 0) is 0 Å². The molecule has 0 spiro atoms. The highest BCUT2D eigenvalue weighted by Gasteiger charge is 2.17. The molecule has 20 heavy (non-hydrogen) atoms. The lowest BCUT2D eigenvalue weighted by molar-refractivity contribution is 0.354. The summed E-state index contributed by atoms with van der Waals surface area (Å²) in [4.78, 5) is 0. The Morgan fingerprint density at radius 2 is 1.90 bits per heavy atom. The molecule has 0 saturated heterocycles. The number of hydrogen-bond acceptors (Lipinski definition) is 4. The number of nitrogens with zero attached hydrogens (tertiary/aromatic N) is 2. The van der Waals surface area contributed by atoms with Crippen LogP contribution in [0, 0.1) is 10.5 Å². The molecule has 2 aromatic rings. The van der Waals surface area contributed by atoms with Gasteiger partial charge in [-0.05, 0) is 54.1 Å². The van der Waals surface area contributed by atoms with Crippen LogP contribution >= 0.6 is 22.6 Å². The standard InChI is InChI=1S/C14H18IN3O2/c1-8-13(15)14(16)18(17-8)9(2)10-5-6-11(19-3)12(7-10)20-4/h5-7,9H,16H2,1-4H3. The SMILES string of the molecule is COc1ccc(C(C)n2nc(C)c(I)c2N)cc1OC. The Bertz CT molecular complexity index is 625. The molecule has 1 aromatic heterocycles. The Kier molecular flexibility index (Phi) is 4.42. The molecule has 0 radical (unpaired) electrons. The molecule has 0 aliphatic heterocycles. The molecule has 1 aromatic carbocycles. The molecule has 0 saturated carbocycles. The second-order valence-corrected chi connectivity index (χ2v) is 5.60. The Morgan fingerprint density at radius 3 is 2.40 bits per heavy atom. The lowest BCUT2D eigenvalue weighted by atomic mass is 10.1. The molecular formula is C14H18IN3O2. The number of hydrogen-bond donors (Lipinski definition) is 1. The molecule has 5 nitrogen and oxygen atoms in total. The van der Waals surface area contributed by atoms with Gasteiger partial charge in [-0.15, -0.1) is 0 Å². The molecule has 2 N–H and O–H groups in total. The van der Waals surface area contributed by atoms with Gasteiger partial charge in [0.1, 0.15) is 5.82 Å². The molecule has 0 amide bonds. The Labute approximate surface area is 132 Å². The number of nitrogen functional groups attached to an aromatic ring is 1. The van der Waals surface area contributed by atoms with Crippen molar-refractivity contribution in [2.75, 3.05) is 20.0 Å². The number of methoxy groups -OCH3 is 2. The van der Waals surface area contributed by atoms with Crippen LogP contribution in [0.4, 0.5) is 5.82 Å². The van der Waals surface area contributed by atoms with Gasteiger partial charge in [0.05, 0.1) is 29.5 Å². The monoisotopic (exact) mass is 387 g/mol. The molecule has 1 atom stereocenters. The van der Waals surface area contributed by atoms with Crippen molar-refractivity contribution in [3.8, 4) is 11.5 Å². The lowest BCUT2D eigenvalue weighted by Gasteiger charge is -2.16. The van der Waals surface area contributed by atoms with E-state index in [2.05, 4.69) is 34.6 Å². The van der Waals surface area contributed by atoms with Crippen molar-refractivity contribution in [2.45, 2.75) is 19.9 Å². The molecule has 0 bridgehead atoms. The summed E-state index contributed by atoms with van der Waals surface area (Å²) < 4.78 is 13.4. The molecule has 1 unspecified atom stereocenters. The number of aromatic nitrogens is 2. The second kappa shape index (κ2) is 5.90. The summed E-state index contributed by atoms with van der Waals surface area (Å²) in [6.45, 7) is 4.01. The van der Waals surface area contributed by atoms with Crippen LogP contribution in [0.3, 0.4) is 0 Å². The van der Waals surface area contributed by atoms with Crippen LogP contribution in [-0.4, -0.2) is 24.0 Å². The summed E-state index contributed by atoms with van der Waals surface area (Å²) >= 11 is 2.21. The molecule has 1 heterocycles. The van der Waals surface area contributed by atoms with Crippen LogP contribution in [0.1, 0.15) is 24.2 Å². The summed E-state index contributed by atoms with van der Waals surface area (Å²) in [5.74, 6) is 2.10. The fourth-order valence-corrected chi connectivity index (χ4v) is 2.45. The predicted molar refractivity (Wildman–Crippen MR) is 87.5 cm³/mol. The second-order valence-electron chi connectivity index (χ2n) is 4.52. The third kappa shape index (κ3) is 2.56. The molecule has 0 fully saturated rings. The summed E-state index contributed by atoms with van der Waals surface area (Å²) in [6, 6.07) is 5.86. The third-order valence-corrected chi connectivity index (χ3v) is 4.64.